The van der Waals surface area contributed by atoms with Crippen LogP contribution < -0.4 is 5.32 Å². The predicted octanol–water partition coefficient (Wildman–Crippen LogP) is 6.55. The molecule has 1 atom stereocenters. The van der Waals surface area contributed by atoms with Crippen molar-refractivity contribution in [1.29, 1.82) is 0 Å². The minimum absolute atomic E-state index is 0.0135. The van der Waals surface area contributed by atoms with E-state index in [9.17, 15) is 14.9 Å². The molecule has 0 saturated heterocycles. The summed E-state index contributed by atoms with van der Waals surface area (Å²) in [7, 11) is 0. The molecule has 3 rings (SSSR count). The van der Waals surface area contributed by atoms with Crippen LogP contribution in [0.3, 0.4) is 0 Å². The molecule has 0 heterocycles. The minimum atomic E-state index is -0.437. The summed E-state index contributed by atoms with van der Waals surface area (Å²) < 4.78 is 1.86. The first kappa shape index (κ1) is 20.2. The zero-order valence-corrected chi connectivity index (χ0v) is 17.8. The molecule has 7 heteroatoms. The van der Waals surface area contributed by atoms with Crippen molar-refractivity contribution in [2.45, 2.75) is 12.5 Å². The summed E-state index contributed by atoms with van der Waals surface area (Å²) in [5.41, 5.74) is 2.30. The minimum Gasteiger partial charge on any atom is -0.378 e. The number of carbonyl (C=O) groups excluding carboxylic acids is 1. The zero-order chi connectivity index (χ0) is 20.1. The molecular formula is C21H16Br2N2O3. The van der Waals surface area contributed by atoms with Crippen molar-refractivity contribution in [3.8, 4) is 0 Å². The topological polar surface area (TPSA) is 72.2 Å². The number of hydrogen-bond donors (Lipinski definition) is 1. The zero-order valence-electron chi connectivity index (χ0n) is 14.6. The number of anilines is 1. The van der Waals surface area contributed by atoms with Crippen LogP contribution in [0.15, 0.2) is 81.7 Å². The largest absolute Gasteiger partial charge is 0.378 e. The molecule has 1 N–H and O–H groups in total. The first-order valence-corrected chi connectivity index (χ1v) is 10.1. The number of ketones is 1. The lowest BCUT2D eigenvalue weighted by Gasteiger charge is -2.20. The van der Waals surface area contributed by atoms with Gasteiger partial charge in [0.1, 0.15) is 0 Å². The Morgan fingerprint density at radius 3 is 1.96 bits per heavy atom. The molecular weight excluding hydrogens is 488 g/mol. The summed E-state index contributed by atoms with van der Waals surface area (Å²) in [5.74, 6) is -0.0135. The number of Topliss-reactive ketones (excluding diaryl/α,β-unsaturated/α-hetero) is 1. The van der Waals surface area contributed by atoms with Crippen LogP contribution in [0.25, 0.3) is 0 Å². The maximum absolute atomic E-state index is 12.8. The Labute approximate surface area is 179 Å². The number of halogens is 2. The van der Waals surface area contributed by atoms with Gasteiger partial charge in [-0.05, 0) is 42.0 Å². The normalized spacial score (nSPS) is 11.6. The summed E-state index contributed by atoms with van der Waals surface area (Å²) in [5, 5.41) is 14.3. The Morgan fingerprint density at radius 1 is 0.893 bits per heavy atom. The fourth-order valence-electron chi connectivity index (χ4n) is 2.77. The number of non-ortho nitro benzene ring substituents is 1. The third-order valence-corrected chi connectivity index (χ3v) is 5.30. The third kappa shape index (κ3) is 5.27. The van der Waals surface area contributed by atoms with Crippen LogP contribution >= 0.6 is 31.9 Å². The van der Waals surface area contributed by atoms with Crippen molar-refractivity contribution in [2.24, 2.45) is 0 Å². The second-order valence-corrected chi connectivity index (χ2v) is 8.02. The van der Waals surface area contributed by atoms with Crippen molar-refractivity contribution in [3.05, 3.63) is 103 Å². The number of benzene rings is 3. The van der Waals surface area contributed by atoms with Crippen molar-refractivity contribution in [3.63, 3.8) is 0 Å². The molecule has 0 aromatic heterocycles. The van der Waals surface area contributed by atoms with Gasteiger partial charge in [0, 0.05) is 38.7 Å². The molecule has 0 saturated carbocycles. The van der Waals surface area contributed by atoms with Crippen LogP contribution in [0, 0.1) is 10.1 Å². The maximum Gasteiger partial charge on any atom is 0.269 e. The molecule has 1 unspecified atom stereocenters. The van der Waals surface area contributed by atoms with Gasteiger partial charge >= 0.3 is 0 Å². The van der Waals surface area contributed by atoms with Crippen LogP contribution in [-0.2, 0) is 0 Å². The summed E-state index contributed by atoms with van der Waals surface area (Å²) in [6, 6.07) is 20.8. The number of nitrogens with zero attached hydrogens (tertiary/aromatic N) is 1. The van der Waals surface area contributed by atoms with Gasteiger partial charge in [0.05, 0.1) is 11.0 Å². The number of carbonyl (C=O) groups is 1. The molecule has 28 heavy (non-hydrogen) atoms. The van der Waals surface area contributed by atoms with Crippen LogP contribution in [0.4, 0.5) is 11.4 Å². The van der Waals surface area contributed by atoms with Gasteiger partial charge in [-0.15, -0.1) is 0 Å². The van der Waals surface area contributed by atoms with Gasteiger partial charge in [0.15, 0.2) is 5.78 Å². The second kappa shape index (κ2) is 9.12. The van der Waals surface area contributed by atoms with E-state index in [2.05, 4.69) is 37.2 Å². The summed E-state index contributed by atoms with van der Waals surface area (Å²) in [4.78, 5) is 23.3. The highest BCUT2D eigenvalue weighted by Crippen LogP contribution is 2.27. The van der Waals surface area contributed by atoms with Crippen LogP contribution in [0.2, 0.25) is 0 Å². The first-order chi connectivity index (χ1) is 13.4. The number of nitrogens with one attached hydrogen (secondary N) is 1. The van der Waals surface area contributed by atoms with Crippen molar-refractivity contribution in [1.82, 2.24) is 0 Å². The van der Waals surface area contributed by atoms with E-state index in [0.29, 0.717) is 5.56 Å². The third-order valence-electron chi connectivity index (χ3n) is 4.25. The smallest absolute Gasteiger partial charge is 0.269 e. The number of hydrogen-bond acceptors (Lipinski definition) is 4. The van der Waals surface area contributed by atoms with E-state index in [1.807, 2.05) is 36.4 Å². The monoisotopic (exact) mass is 502 g/mol. The Hall–Kier alpha value is -2.51. The van der Waals surface area contributed by atoms with Gasteiger partial charge < -0.3 is 5.32 Å². The number of nitro benzene ring substituents is 1. The van der Waals surface area contributed by atoms with Crippen LogP contribution in [0.1, 0.15) is 28.4 Å². The highest BCUT2D eigenvalue weighted by Gasteiger charge is 2.18. The highest BCUT2D eigenvalue weighted by atomic mass is 79.9. The average Bonchev–Trinajstić information content (AvgIpc) is 2.69. The highest BCUT2D eigenvalue weighted by molar-refractivity contribution is 9.10. The first-order valence-electron chi connectivity index (χ1n) is 8.47. The van der Waals surface area contributed by atoms with E-state index in [0.717, 1.165) is 20.2 Å². The number of rotatable bonds is 7. The Bertz CT molecular complexity index is 972. The lowest BCUT2D eigenvalue weighted by atomic mass is 9.97. The SMILES string of the molecule is O=C(CC(Nc1ccc(Br)cc1)c1ccc([N+](=O)[O-])cc1)c1ccc(Br)cc1. The van der Waals surface area contributed by atoms with E-state index in [1.165, 1.54) is 12.1 Å². The quantitative estimate of drug-likeness (QED) is 0.225. The predicted molar refractivity (Wildman–Crippen MR) is 117 cm³/mol. The van der Waals surface area contributed by atoms with E-state index < -0.39 is 4.92 Å². The molecule has 0 aliphatic carbocycles. The van der Waals surface area contributed by atoms with Crippen LogP contribution in [0.5, 0.6) is 0 Å². The van der Waals surface area contributed by atoms with Gasteiger partial charge in [-0.1, -0.05) is 56.1 Å². The van der Waals surface area contributed by atoms with E-state index in [-0.39, 0.29) is 23.9 Å². The lowest BCUT2D eigenvalue weighted by molar-refractivity contribution is -0.384. The van der Waals surface area contributed by atoms with Crippen molar-refractivity contribution in [2.75, 3.05) is 5.32 Å². The second-order valence-electron chi connectivity index (χ2n) is 6.19. The molecule has 0 radical (unpaired) electrons. The molecule has 0 bridgehead atoms. The van der Waals surface area contributed by atoms with Gasteiger partial charge in [0.2, 0.25) is 0 Å². The molecule has 5 nitrogen and oxygen atoms in total. The van der Waals surface area contributed by atoms with Gasteiger partial charge in [-0.2, -0.15) is 0 Å². The van der Waals surface area contributed by atoms with E-state index in [4.69, 9.17) is 0 Å². The molecule has 0 spiro atoms. The molecule has 0 amide bonds. The Balaban J connectivity index is 1.86. The van der Waals surface area contributed by atoms with E-state index >= 15 is 0 Å². The molecule has 0 fully saturated rings. The molecule has 0 aliphatic heterocycles. The average molecular weight is 504 g/mol. The molecule has 3 aromatic carbocycles. The molecule has 142 valence electrons. The van der Waals surface area contributed by atoms with E-state index in [1.54, 1.807) is 24.3 Å². The summed E-state index contributed by atoms with van der Waals surface area (Å²) >= 11 is 6.77. The summed E-state index contributed by atoms with van der Waals surface area (Å²) in [6.45, 7) is 0. The summed E-state index contributed by atoms with van der Waals surface area (Å²) in [6.07, 6.45) is 0.218. The lowest BCUT2D eigenvalue weighted by Crippen LogP contribution is -2.16. The van der Waals surface area contributed by atoms with Gasteiger partial charge in [-0.25, -0.2) is 0 Å². The van der Waals surface area contributed by atoms with Crippen LogP contribution in [-0.4, -0.2) is 10.7 Å². The molecule has 0 aliphatic rings. The fraction of sp³-hybridized carbons (Fsp3) is 0.0952. The standard InChI is InChI=1S/C21H16Br2N2O3/c22-16-5-1-15(2-6-16)21(26)13-20(24-18-9-7-17(23)8-10-18)14-3-11-19(12-4-14)25(27)28/h1-12,20,24H,13H2. The Kier molecular flexibility index (Phi) is 6.59. The van der Waals surface area contributed by atoms with Gasteiger partial charge in [0.25, 0.3) is 5.69 Å². The Morgan fingerprint density at radius 2 is 1.43 bits per heavy atom. The van der Waals surface area contributed by atoms with Crippen molar-refractivity contribution < 1.29 is 9.72 Å². The molecule has 3 aromatic rings. The van der Waals surface area contributed by atoms with Gasteiger partial charge in [-0.3, -0.25) is 14.9 Å². The number of nitro groups is 1. The van der Waals surface area contributed by atoms with Crippen molar-refractivity contribution >= 4 is 49.0 Å². The fourth-order valence-corrected chi connectivity index (χ4v) is 3.30. The maximum atomic E-state index is 12.8.